The first-order chi connectivity index (χ1) is 6.72. The Balaban J connectivity index is 3.01. The lowest BCUT2D eigenvalue weighted by atomic mass is 10.3. The average Bonchev–Trinajstić information content (AvgIpc) is 2.26. The van der Waals surface area contributed by atoms with E-state index in [0.717, 1.165) is 0 Å². The Labute approximate surface area is 81.7 Å². The van der Waals surface area contributed by atoms with Crippen molar-refractivity contribution in [2.75, 3.05) is 20.8 Å². The van der Waals surface area contributed by atoms with E-state index < -0.39 is 6.04 Å². The van der Waals surface area contributed by atoms with Gasteiger partial charge in [-0.3, -0.25) is 0 Å². The van der Waals surface area contributed by atoms with Gasteiger partial charge in [0.1, 0.15) is 0 Å². The van der Waals surface area contributed by atoms with Crippen LogP contribution in [0.15, 0.2) is 6.20 Å². The summed E-state index contributed by atoms with van der Waals surface area (Å²) in [4.78, 5) is 7.92. The molecule has 0 bridgehead atoms. The maximum absolute atomic E-state index is 8.80. The molecule has 0 saturated heterocycles. The van der Waals surface area contributed by atoms with Crippen LogP contribution in [0.1, 0.15) is 11.9 Å². The van der Waals surface area contributed by atoms with Gasteiger partial charge in [0, 0.05) is 0 Å². The number of rotatable bonds is 4. The van der Waals surface area contributed by atoms with Crippen LogP contribution in [0.3, 0.4) is 0 Å². The van der Waals surface area contributed by atoms with E-state index in [1.54, 1.807) is 0 Å². The van der Waals surface area contributed by atoms with Gasteiger partial charge in [-0.25, -0.2) is 4.98 Å². The molecule has 78 valence electrons. The van der Waals surface area contributed by atoms with Crippen molar-refractivity contribution >= 4 is 0 Å². The van der Waals surface area contributed by atoms with Crippen molar-refractivity contribution in [2.45, 2.75) is 6.04 Å². The number of methoxy groups -OCH3 is 2. The van der Waals surface area contributed by atoms with Crippen LogP contribution in [0.2, 0.25) is 0 Å². The minimum atomic E-state index is -0.602. The first-order valence-electron chi connectivity index (χ1n) is 4.04. The zero-order valence-corrected chi connectivity index (χ0v) is 8.10. The molecule has 0 aliphatic heterocycles. The molecular weight excluding hydrogens is 186 g/mol. The van der Waals surface area contributed by atoms with Crippen molar-refractivity contribution in [1.29, 1.82) is 0 Å². The van der Waals surface area contributed by atoms with Crippen LogP contribution in [0.4, 0.5) is 0 Å². The molecule has 0 aliphatic rings. The van der Waals surface area contributed by atoms with Crippen LogP contribution < -0.4 is 15.2 Å². The van der Waals surface area contributed by atoms with Gasteiger partial charge in [0.15, 0.2) is 11.6 Å². The highest BCUT2D eigenvalue weighted by atomic mass is 16.5. The molecule has 0 aromatic carbocycles. The molecule has 1 heterocycles. The fourth-order valence-electron chi connectivity index (χ4n) is 0.915. The van der Waals surface area contributed by atoms with E-state index in [1.807, 2.05) is 0 Å². The lowest BCUT2D eigenvalue weighted by Gasteiger charge is -2.10. The summed E-state index contributed by atoms with van der Waals surface area (Å²) in [5.74, 6) is 1.06. The van der Waals surface area contributed by atoms with E-state index in [4.69, 9.17) is 20.3 Å². The molecule has 1 atom stereocenters. The van der Waals surface area contributed by atoms with E-state index in [-0.39, 0.29) is 6.61 Å². The van der Waals surface area contributed by atoms with E-state index in [9.17, 15) is 0 Å². The third-order valence-electron chi connectivity index (χ3n) is 1.68. The number of aliphatic hydroxyl groups is 1. The molecule has 0 spiro atoms. The van der Waals surface area contributed by atoms with Crippen LogP contribution in [-0.2, 0) is 0 Å². The topological polar surface area (TPSA) is 90.5 Å². The summed E-state index contributed by atoms with van der Waals surface area (Å²) in [6.45, 7) is -0.213. The summed E-state index contributed by atoms with van der Waals surface area (Å²) in [6.07, 6.45) is 1.46. The Bertz CT molecular complexity index is 306. The first kappa shape index (κ1) is 10.7. The maximum Gasteiger partial charge on any atom is 0.260 e. The molecule has 1 aromatic heterocycles. The second-order valence-corrected chi connectivity index (χ2v) is 2.59. The first-order valence-corrected chi connectivity index (χ1v) is 4.04. The highest BCUT2D eigenvalue weighted by Crippen LogP contribution is 2.23. The molecule has 0 aliphatic carbocycles. The average molecular weight is 199 g/mol. The Hall–Kier alpha value is -1.40. The normalized spacial score (nSPS) is 12.3. The standard InChI is InChI=1S/C8H13N3O3/c1-13-6-3-10-7(5(9)4-12)11-8(6)14-2/h3,5,12H,4,9H2,1-2H3. The molecule has 0 saturated carbocycles. The summed E-state index contributed by atoms with van der Waals surface area (Å²) < 4.78 is 9.91. The number of ether oxygens (including phenoxy) is 2. The fraction of sp³-hybridized carbons (Fsp3) is 0.500. The second-order valence-electron chi connectivity index (χ2n) is 2.59. The highest BCUT2D eigenvalue weighted by molar-refractivity contribution is 5.31. The van der Waals surface area contributed by atoms with Crippen molar-refractivity contribution in [2.24, 2.45) is 5.73 Å². The summed E-state index contributed by atoms with van der Waals surface area (Å²) in [6, 6.07) is -0.602. The van der Waals surface area contributed by atoms with Gasteiger partial charge in [0.2, 0.25) is 0 Å². The quantitative estimate of drug-likeness (QED) is 0.678. The minimum Gasteiger partial charge on any atom is -0.490 e. The lowest BCUT2D eigenvalue weighted by Crippen LogP contribution is -2.18. The predicted molar refractivity (Wildman–Crippen MR) is 49.2 cm³/mol. The summed E-state index contributed by atoms with van der Waals surface area (Å²) in [7, 11) is 2.96. The maximum atomic E-state index is 8.80. The van der Waals surface area contributed by atoms with Crippen LogP contribution in [0, 0.1) is 0 Å². The van der Waals surface area contributed by atoms with E-state index in [1.165, 1.54) is 20.4 Å². The Morgan fingerprint density at radius 1 is 1.50 bits per heavy atom. The van der Waals surface area contributed by atoms with Gasteiger partial charge in [0.25, 0.3) is 5.88 Å². The Morgan fingerprint density at radius 3 is 2.71 bits per heavy atom. The zero-order chi connectivity index (χ0) is 10.6. The lowest BCUT2D eigenvalue weighted by molar-refractivity contribution is 0.261. The van der Waals surface area contributed by atoms with Gasteiger partial charge < -0.3 is 20.3 Å². The Morgan fingerprint density at radius 2 is 2.21 bits per heavy atom. The van der Waals surface area contributed by atoms with E-state index >= 15 is 0 Å². The van der Waals surface area contributed by atoms with Crippen LogP contribution in [-0.4, -0.2) is 35.9 Å². The molecule has 1 aromatic rings. The number of aromatic nitrogens is 2. The van der Waals surface area contributed by atoms with Crippen molar-refractivity contribution in [3.8, 4) is 11.6 Å². The molecule has 1 rings (SSSR count). The monoisotopic (exact) mass is 199 g/mol. The van der Waals surface area contributed by atoms with Crippen LogP contribution in [0.25, 0.3) is 0 Å². The van der Waals surface area contributed by atoms with Crippen molar-refractivity contribution in [1.82, 2.24) is 9.97 Å². The second kappa shape index (κ2) is 4.73. The molecule has 0 amide bonds. The van der Waals surface area contributed by atoms with Crippen molar-refractivity contribution < 1.29 is 14.6 Å². The number of hydrogen-bond acceptors (Lipinski definition) is 6. The third-order valence-corrected chi connectivity index (χ3v) is 1.68. The highest BCUT2D eigenvalue weighted by Gasteiger charge is 2.12. The molecule has 6 heteroatoms. The fourth-order valence-corrected chi connectivity index (χ4v) is 0.915. The number of hydrogen-bond donors (Lipinski definition) is 2. The number of nitrogens with zero attached hydrogens (tertiary/aromatic N) is 2. The van der Waals surface area contributed by atoms with Gasteiger partial charge in [-0.1, -0.05) is 0 Å². The van der Waals surface area contributed by atoms with Crippen molar-refractivity contribution in [3.05, 3.63) is 12.0 Å². The summed E-state index contributed by atoms with van der Waals surface area (Å²) in [5.41, 5.74) is 5.54. The molecule has 14 heavy (non-hydrogen) atoms. The SMILES string of the molecule is COc1cnc(C(N)CO)nc1OC. The predicted octanol–water partition coefficient (Wildman–Crippen LogP) is -0.514. The van der Waals surface area contributed by atoms with Gasteiger partial charge >= 0.3 is 0 Å². The molecule has 1 unspecified atom stereocenters. The smallest absolute Gasteiger partial charge is 0.260 e. The molecule has 0 radical (unpaired) electrons. The van der Waals surface area contributed by atoms with Gasteiger partial charge in [-0.2, -0.15) is 4.98 Å². The largest absolute Gasteiger partial charge is 0.490 e. The van der Waals surface area contributed by atoms with Gasteiger partial charge in [-0.15, -0.1) is 0 Å². The van der Waals surface area contributed by atoms with E-state index in [2.05, 4.69) is 9.97 Å². The molecular formula is C8H13N3O3. The Kier molecular flexibility index (Phi) is 3.61. The molecule has 0 fully saturated rings. The number of aliphatic hydroxyl groups excluding tert-OH is 1. The minimum absolute atomic E-state index is 0.213. The number of nitrogens with two attached hydrogens (primary N) is 1. The van der Waals surface area contributed by atoms with Crippen LogP contribution >= 0.6 is 0 Å². The summed E-state index contributed by atoms with van der Waals surface area (Å²) >= 11 is 0. The van der Waals surface area contributed by atoms with Gasteiger partial charge in [-0.05, 0) is 0 Å². The molecule has 3 N–H and O–H groups in total. The van der Waals surface area contributed by atoms with Crippen LogP contribution in [0.5, 0.6) is 11.6 Å². The zero-order valence-electron chi connectivity index (χ0n) is 8.10. The van der Waals surface area contributed by atoms with Gasteiger partial charge in [0.05, 0.1) is 33.1 Å². The van der Waals surface area contributed by atoms with E-state index in [0.29, 0.717) is 17.5 Å². The molecule has 6 nitrogen and oxygen atoms in total. The summed E-state index contributed by atoms with van der Waals surface area (Å²) in [5, 5.41) is 8.80. The van der Waals surface area contributed by atoms with Crippen molar-refractivity contribution in [3.63, 3.8) is 0 Å². The third kappa shape index (κ3) is 2.09.